The van der Waals surface area contributed by atoms with Gasteiger partial charge in [-0.25, -0.2) is 0 Å². The largest absolute Gasteiger partial charge is 0.504 e. The molecule has 0 spiro atoms. The number of hydrogen-bond acceptors (Lipinski definition) is 3. The number of hydrogen-bond donors (Lipinski definition) is 2. The van der Waals surface area contributed by atoms with E-state index >= 15 is 0 Å². The first kappa shape index (κ1) is 14.4. The van der Waals surface area contributed by atoms with Crippen LogP contribution in [0.25, 0.3) is 0 Å². The van der Waals surface area contributed by atoms with E-state index in [0.717, 1.165) is 6.42 Å². The van der Waals surface area contributed by atoms with Gasteiger partial charge in [-0.05, 0) is 25.0 Å². The Kier molecular flexibility index (Phi) is 5.01. The van der Waals surface area contributed by atoms with Crippen molar-refractivity contribution >= 4 is 5.91 Å². The summed E-state index contributed by atoms with van der Waals surface area (Å²) in [6.45, 7) is 6.12. The van der Waals surface area contributed by atoms with Crippen LogP contribution in [0.4, 0.5) is 0 Å². The Bertz CT molecular complexity index is 418. The monoisotopic (exact) mass is 251 g/mol. The lowest BCUT2D eigenvalue weighted by atomic mass is 10.0. The number of rotatable bonds is 5. The molecule has 0 fully saturated rings. The third-order valence-electron chi connectivity index (χ3n) is 3.32. The van der Waals surface area contributed by atoms with Gasteiger partial charge in [-0.1, -0.05) is 26.3 Å². The number of carbonyl (C=O) groups excluding carboxylic acids is 1. The fourth-order valence-corrected chi connectivity index (χ4v) is 1.65. The SMILES string of the molecule is CCC(C)C(C)NC(=O)c1cccc(OC)c1O. The predicted octanol–water partition coefficient (Wildman–Crippen LogP) is 2.57. The maximum atomic E-state index is 12.0. The minimum atomic E-state index is -0.279. The molecule has 2 atom stereocenters. The summed E-state index contributed by atoms with van der Waals surface area (Å²) in [6.07, 6.45) is 0.992. The van der Waals surface area contributed by atoms with E-state index in [-0.39, 0.29) is 23.3 Å². The summed E-state index contributed by atoms with van der Waals surface area (Å²) in [4.78, 5) is 12.0. The molecule has 0 aromatic heterocycles. The molecule has 0 saturated heterocycles. The quantitative estimate of drug-likeness (QED) is 0.845. The highest BCUT2D eigenvalue weighted by molar-refractivity contribution is 5.97. The highest BCUT2D eigenvalue weighted by atomic mass is 16.5. The van der Waals surface area contributed by atoms with Gasteiger partial charge in [0, 0.05) is 6.04 Å². The molecule has 0 radical (unpaired) electrons. The van der Waals surface area contributed by atoms with Crippen LogP contribution < -0.4 is 10.1 Å². The predicted molar refractivity (Wildman–Crippen MR) is 71.0 cm³/mol. The normalized spacial score (nSPS) is 13.8. The molecule has 0 heterocycles. The van der Waals surface area contributed by atoms with E-state index in [1.165, 1.54) is 7.11 Å². The fraction of sp³-hybridized carbons (Fsp3) is 0.500. The number of aromatic hydroxyl groups is 1. The lowest BCUT2D eigenvalue weighted by Gasteiger charge is -2.20. The number of methoxy groups -OCH3 is 1. The minimum Gasteiger partial charge on any atom is -0.504 e. The molecule has 0 aliphatic carbocycles. The molecule has 100 valence electrons. The van der Waals surface area contributed by atoms with Crippen LogP contribution >= 0.6 is 0 Å². The Morgan fingerprint density at radius 1 is 1.44 bits per heavy atom. The van der Waals surface area contributed by atoms with Crippen molar-refractivity contribution in [1.29, 1.82) is 0 Å². The second kappa shape index (κ2) is 6.28. The number of para-hydroxylation sites is 1. The van der Waals surface area contributed by atoms with E-state index in [2.05, 4.69) is 19.2 Å². The number of ether oxygens (including phenoxy) is 1. The number of phenols is 1. The van der Waals surface area contributed by atoms with Crippen molar-refractivity contribution in [2.45, 2.75) is 33.2 Å². The van der Waals surface area contributed by atoms with E-state index in [0.29, 0.717) is 11.7 Å². The van der Waals surface area contributed by atoms with Gasteiger partial charge in [-0.15, -0.1) is 0 Å². The van der Waals surface area contributed by atoms with Crippen LogP contribution in [0.2, 0.25) is 0 Å². The van der Waals surface area contributed by atoms with Crippen molar-refractivity contribution in [3.63, 3.8) is 0 Å². The average Bonchev–Trinajstić information content (AvgIpc) is 2.37. The molecule has 18 heavy (non-hydrogen) atoms. The molecule has 0 aliphatic rings. The zero-order valence-electron chi connectivity index (χ0n) is 11.4. The highest BCUT2D eigenvalue weighted by Gasteiger charge is 2.18. The smallest absolute Gasteiger partial charge is 0.255 e. The standard InChI is InChI=1S/C14H21NO3/c1-5-9(2)10(3)15-14(17)11-7-6-8-12(18-4)13(11)16/h6-10,16H,5H2,1-4H3,(H,15,17). The van der Waals surface area contributed by atoms with Gasteiger partial charge in [0.1, 0.15) is 0 Å². The lowest BCUT2D eigenvalue weighted by molar-refractivity contribution is 0.0925. The van der Waals surface area contributed by atoms with Crippen LogP contribution in [0, 0.1) is 5.92 Å². The number of phenolic OH excluding ortho intramolecular Hbond substituents is 1. The average molecular weight is 251 g/mol. The first-order valence-corrected chi connectivity index (χ1v) is 6.18. The van der Waals surface area contributed by atoms with Crippen LogP contribution in [-0.4, -0.2) is 24.2 Å². The van der Waals surface area contributed by atoms with Crippen LogP contribution in [0.15, 0.2) is 18.2 Å². The molecule has 2 N–H and O–H groups in total. The lowest BCUT2D eigenvalue weighted by Crippen LogP contribution is -2.36. The van der Waals surface area contributed by atoms with Gasteiger partial charge in [0.15, 0.2) is 11.5 Å². The topological polar surface area (TPSA) is 58.6 Å². The number of nitrogens with one attached hydrogen (secondary N) is 1. The molecular weight excluding hydrogens is 230 g/mol. The molecule has 1 aromatic rings. The van der Waals surface area contributed by atoms with E-state index in [1.807, 2.05) is 6.92 Å². The van der Waals surface area contributed by atoms with Crippen LogP contribution in [0.1, 0.15) is 37.6 Å². The second-order valence-electron chi connectivity index (χ2n) is 4.50. The zero-order chi connectivity index (χ0) is 13.7. The van der Waals surface area contributed by atoms with Crippen LogP contribution in [-0.2, 0) is 0 Å². The first-order chi connectivity index (χ1) is 8.51. The number of benzene rings is 1. The van der Waals surface area contributed by atoms with Crippen molar-refractivity contribution < 1.29 is 14.6 Å². The number of carbonyl (C=O) groups is 1. The van der Waals surface area contributed by atoms with Crippen LogP contribution in [0.5, 0.6) is 11.5 Å². The van der Waals surface area contributed by atoms with Crippen molar-refractivity contribution in [3.05, 3.63) is 23.8 Å². The van der Waals surface area contributed by atoms with Crippen LogP contribution in [0.3, 0.4) is 0 Å². The first-order valence-electron chi connectivity index (χ1n) is 6.18. The maximum absolute atomic E-state index is 12.0. The Morgan fingerprint density at radius 3 is 2.67 bits per heavy atom. The second-order valence-corrected chi connectivity index (χ2v) is 4.50. The van der Waals surface area contributed by atoms with E-state index in [4.69, 9.17) is 4.74 Å². The van der Waals surface area contributed by atoms with Gasteiger partial charge in [-0.2, -0.15) is 0 Å². The zero-order valence-corrected chi connectivity index (χ0v) is 11.4. The molecular formula is C14H21NO3. The molecule has 0 aliphatic heterocycles. The molecule has 4 heteroatoms. The third kappa shape index (κ3) is 3.15. The molecule has 1 amide bonds. The van der Waals surface area contributed by atoms with E-state index in [1.54, 1.807) is 18.2 Å². The Hall–Kier alpha value is -1.71. The Labute approximate surface area is 108 Å². The molecule has 0 bridgehead atoms. The van der Waals surface area contributed by atoms with Crippen molar-refractivity contribution in [3.8, 4) is 11.5 Å². The Balaban J connectivity index is 2.85. The summed E-state index contributed by atoms with van der Waals surface area (Å²) in [5, 5.41) is 12.8. The Morgan fingerprint density at radius 2 is 2.11 bits per heavy atom. The fourth-order valence-electron chi connectivity index (χ4n) is 1.65. The summed E-state index contributed by atoms with van der Waals surface area (Å²) < 4.78 is 4.98. The van der Waals surface area contributed by atoms with Gasteiger partial charge in [-0.3, -0.25) is 4.79 Å². The summed E-state index contributed by atoms with van der Waals surface area (Å²) in [5.41, 5.74) is 0.240. The molecule has 4 nitrogen and oxygen atoms in total. The summed E-state index contributed by atoms with van der Waals surface area (Å²) in [5.74, 6) is 0.300. The number of amides is 1. The third-order valence-corrected chi connectivity index (χ3v) is 3.32. The van der Waals surface area contributed by atoms with Gasteiger partial charge >= 0.3 is 0 Å². The highest BCUT2D eigenvalue weighted by Crippen LogP contribution is 2.29. The molecule has 1 aromatic carbocycles. The summed E-state index contributed by atoms with van der Waals surface area (Å²) in [6, 6.07) is 4.94. The summed E-state index contributed by atoms with van der Waals surface area (Å²) >= 11 is 0. The van der Waals surface area contributed by atoms with Crippen molar-refractivity contribution in [1.82, 2.24) is 5.32 Å². The van der Waals surface area contributed by atoms with Gasteiger partial charge < -0.3 is 15.2 Å². The molecule has 2 unspecified atom stereocenters. The van der Waals surface area contributed by atoms with Gasteiger partial charge in [0.25, 0.3) is 5.91 Å². The van der Waals surface area contributed by atoms with E-state index < -0.39 is 0 Å². The summed E-state index contributed by atoms with van der Waals surface area (Å²) in [7, 11) is 1.46. The molecule has 1 rings (SSSR count). The van der Waals surface area contributed by atoms with Crippen molar-refractivity contribution in [2.24, 2.45) is 5.92 Å². The van der Waals surface area contributed by atoms with E-state index in [9.17, 15) is 9.90 Å². The van der Waals surface area contributed by atoms with Gasteiger partial charge in [0.2, 0.25) is 0 Å². The maximum Gasteiger partial charge on any atom is 0.255 e. The van der Waals surface area contributed by atoms with Crippen molar-refractivity contribution in [2.75, 3.05) is 7.11 Å². The van der Waals surface area contributed by atoms with Gasteiger partial charge in [0.05, 0.1) is 12.7 Å². The molecule has 0 saturated carbocycles. The minimum absolute atomic E-state index is 0.0631.